The van der Waals surface area contributed by atoms with Crippen molar-refractivity contribution in [2.75, 3.05) is 13.1 Å². The van der Waals surface area contributed by atoms with Gasteiger partial charge in [0, 0.05) is 19.3 Å². The van der Waals surface area contributed by atoms with E-state index in [1.54, 1.807) is 6.08 Å². The second-order valence-electron chi connectivity index (χ2n) is 2.22. The van der Waals surface area contributed by atoms with Gasteiger partial charge >= 0.3 is 0 Å². The molecule has 1 fully saturated rings. The van der Waals surface area contributed by atoms with Crippen LogP contribution in [-0.4, -0.2) is 24.3 Å². The van der Waals surface area contributed by atoms with Gasteiger partial charge < -0.3 is 4.90 Å². The molecular formula is C7H11NO. The molecule has 9 heavy (non-hydrogen) atoms. The summed E-state index contributed by atoms with van der Waals surface area (Å²) >= 11 is 0. The average molecular weight is 125 g/mol. The third-order valence-electron chi connectivity index (χ3n) is 1.52. The molecule has 1 rings (SSSR count). The van der Waals surface area contributed by atoms with Crippen molar-refractivity contribution in [3.8, 4) is 0 Å². The number of carbonyl (C=O) groups excluding carboxylic acids is 1. The Balaban J connectivity index is 2.25. The van der Waals surface area contributed by atoms with Crippen LogP contribution in [0, 0.1) is 0 Å². The van der Waals surface area contributed by atoms with E-state index >= 15 is 0 Å². The number of aldehydes is 1. The van der Waals surface area contributed by atoms with Gasteiger partial charge in [0.25, 0.3) is 0 Å². The van der Waals surface area contributed by atoms with Gasteiger partial charge in [-0.15, -0.1) is 0 Å². The summed E-state index contributed by atoms with van der Waals surface area (Å²) in [6.07, 6.45) is 6.76. The zero-order valence-corrected chi connectivity index (χ0v) is 5.42. The predicted molar refractivity (Wildman–Crippen MR) is 36.0 cm³/mol. The highest BCUT2D eigenvalue weighted by Crippen LogP contribution is 2.06. The molecular weight excluding hydrogens is 114 g/mol. The van der Waals surface area contributed by atoms with E-state index in [4.69, 9.17) is 0 Å². The quantitative estimate of drug-likeness (QED) is 0.402. The lowest BCUT2D eigenvalue weighted by Crippen LogP contribution is -2.10. The van der Waals surface area contributed by atoms with Crippen LogP contribution in [0.3, 0.4) is 0 Å². The Morgan fingerprint density at radius 1 is 1.22 bits per heavy atom. The third-order valence-corrected chi connectivity index (χ3v) is 1.52. The van der Waals surface area contributed by atoms with Gasteiger partial charge in [0.05, 0.1) is 0 Å². The molecule has 0 radical (unpaired) electrons. The molecule has 0 bridgehead atoms. The Labute approximate surface area is 55.2 Å². The van der Waals surface area contributed by atoms with E-state index < -0.39 is 0 Å². The van der Waals surface area contributed by atoms with Gasteiger partial charge in [-0.3, -0.25) is 4.79 Å². The Kier molecular flexibility index (Phi) is 2.31. The standard InChI is InChI=1S/C7H11NO/c9-7-3-6-8-4-1-2-5-8/h3,6-7H,1-2,4-5H2/b6-3+. The van der Waals surface area contributed by atoms with Gasteiger partial charge in [-0.1, -0.05) is 0 Å². The van der Waals surface area contributed by atoms with E-state index in [1.807, 2.05) is 6.20 Å². The molecule has 1 aliphatic rings. The number of rotatable bonds is 2. The molecule has 0 unspecified atom stereocenters. The number of allylic oxidation sites excluding steroid dienone is 1. The summed E-state index contributed by atoms with van der Waals surface area (Å²) in [4.78, 5) is 12.0. The summed E-state index contributed by atoms with van der Waals surface area (Å²) in [5.74, 6) is 0. The summed E-state index contributed by atoms with van der Waals surface area (Å²) in [6.45, 7) is 2.23. The summed E-state index contributed by atoms with van der Waals surface area (Å²) < 4.78 is 0. The lowest BCUT2D eigenvalue weighted by molar-refractivity contribution is -0.104. The van der Waals surface area contributed by atoms with Crippen molar-refractivity contribution in [1.29, 1.82) is 0 Å². The third kappa shape index (κ3) is 1.88. The molecule has 50 valence electrons. The Morgan fingerprint density at radius 3 is 2.44 bits per heavy atom. The van der Waals surface area contributed by atoms with Crippen molar-refractivity contribution >= 4 is 6.29 Å². The van der Waals surface area contributed by atoms with Crippen molar-refractivity contribution in [3.63, 3.8) is 0 Å². The van der Waals surface area contributed by atoms with E-state index in [-0.39, 0.29) is 0 Å². The Bertz CT molecular complexity index is 114. The van der Waals surface area contributed by atoms with Crippen LogP contribution in [0.25, 0.3) is 0 Å². The zero-order valence-electron chi connectivity index (χ0n) is 5.42. The van der Waals surface area contributed by atoms with Crippen LogP contribution < -0.4 is 0 Å². The maximum absolute atomic E-state index is 9.85. The maximum atomic E-state index is 9.85. The van der Waals surface area contributed by atoms with Crippen LogP contribution in [0.5, 0.6) is 0 Å². The van der Waals surface area contributed by atoms with Gasteiger partial charge in [-0.2, -0.15) is 0 Å². The first kappa shape index (κ1) is 6.33. The van der Waals surface area contributed by atoms with E-state index in [0.717, 1.165) is 19.4 Å². The molecule has 2 heteroatoms. The fraction of sp³-hybridized carbons (Fsp3) is 0.571. The number of likely N-dealkylation sites (tertiary alicyclic amines) is 1. The van der Waals surface area contributed by atoms with Gasteiger partial charge in [-0.05, 0) is 18.9 Å². The number of nitrogens with zero attached hydrogens (tertiary/aromatic N) is 1. The highest BCUT2D eigenvalue weighted by Gasteiger charge is 2.04. The van der Waals surface area contributed by atoms with Gasteiger partial charge in [0.2, 0.25) is 0 Å². The van der Waals surface area contributed by atoms with E-state index in [2.05, 4.69) is 4.90 Å². The second-order valence-corrected chi connectivity index (χ2v) is 2.22. The summed E-state index contributed by atoms with van der Waals surface area (Å²) in [5.41, 5.74) is 0. The lowest BCUT2D eigenvalue weighted by Gasteiger charge is -2.08. The highest BCUT2D eigenvalue weighted by molar-refractivity contribution is 5.64. The molecule has 0 spiro atoms. The molecule has 0 aliphatic carbocycles. The second kappa shape index (κ2) is 3.28. The molecule has 2 nitrogen and oxygen atoms in total. The normalized spacial score (nSPS) is 19.3. The Morgan fingerprint density at radius 2 is 1.89 bits per heavy atom. The fourth-order valence-electron chi connectivity index (χ4n) is 1.05. The van der Waals surface area contributed by atoms with E-state index in [0.29, 0.717) is 0 Å². The smallest absolute Gasteiger partial charge is 0.144 e. The first-order chi connectivity index (χ1) is 4.43. The first-order valence-electron chi connectivity index (χ1n) is 3.29. The van der Waals surface area contributed by atoms with Gasteiger partial charge in [0.1, 0.15) is 6.29 Å². The molecule has 1 aliphatic heterocycles. The molecule has 0 aromatic carbocycles. The summed E-state index contributed by atoms with van der Waals surface area (Å²) in [7, 11) is 0. The average Bonchev–Trinajstić information content (AvgIpc) is 2.34. The topological polar surface area (TPSA) is 20.3 Å². The lowest BCUT2D eigenvalue weighted by atomic mass is 10.4. The summed E-state index contributed by atoms with van der Waals surface area (Å²) in [6, 6.07) is 0. The van der Waals surface area contributed by atoms with Crippen molar-refractivity contribution in [2.45, 2.75) is 12.8 Å². The zero-order chi connectivity index (χ0) is 6.53. The van der Waals surface area contributed by atoms with Crippen molar-refractivity contribution < 1.29 is 4.79 Å². The first-order valence-corrected chi connectivity index (χ1v) is 3.29. The van der Waals surface area contributed by atoms with E-state index in [9.17, 15) is 4.79 Å². The number of carbonyl (C=O) groups is 1. The molecule has 0 aromatic rings. The minimum absolute atomic E-state index is 0.818. The van der Waals surface area contributed by atoms with Crippen LogP contribution in [-0.2, 0) is 4.79 Å². The van der Waals surface area contributed by atoms with Gasteiger partial charge in [0.15, 0.2) is 0 Å². The van der Waals surface area contributed by atoms with Crippen LogP contribution in [0.4, 0.5) is 0 Å². The molecule has 1 heterocycles. The number of hydrogen-bond acceptors (Lipinski definition) is 2. The molecule has 0 aromatic heterocycles. The molecule has 1 saturated heterocycles. The largest absolute Gasteiger partial charge is 0.377 e. The molecule has 0 amide bonds. The van der Waals surface area contributed by atoms with Crippen LogP contribution >= 0.6 is 0 Å². The molecule has 0 saturated carbocycles. The minimum Gasteiger partial charge on any atom is -0.377 e. The van der Waals surface area contributed by atoms with Crippen molar-refractivity contribution in [1.82, 2.24) is 4.90 Å². The maximum Gasteiger partial charge on any atom is 0.144 e. The monoisotopic (exact) mass is 125 g/mol. The summed E-state index contributed by atoms with van der Waals surface area (Å²) in [5, 5.41) is 0. The van der Waals surface area contributed by atoms with Crippen LogP contribution in [0.15, 0.2) is 12.3 Å². The fourth-order valence-corrected chi connectivity index (χ4v) is 1.05. The Hall–Kier alpha value is -0.790. The van der Waals surface area contributed by atoms with Crippen molar-refractivity contribution in [2.24, 2.45) is 0 Å². The van der Waals surface area contributed by atoms with Crippen molar-refractivity contribution in [3.05, 3.63) is 12.3 Å². The molecule has 0 N–H and O–H groups in total. The van der Waals surface area contributed by atoms with E-state index in [1.165, 1.54) is 12.8 Å². The van der Waals surface area contributed by atoms with Crippen LogP contribution in [0.1, 0.15) is 12.8 Å². The highest BCUT2D eigenvalue weighted by atomic mass is 16.1. The van der Waals surface area contributed by atoms with Crippen LogP contribution in [0.2, 0.25) is 0 Å². The predicted octanol–water partition coefficient (Wildman–Crippen LogP) is 0.795. The molecule has 0 atom stereocenters. The SMILES string of the molecule is O=C/C=C/N1CCCC1. The minimum atomic E-state index is 0.818. The number of hydrogen-bond donors (Lipinski definition) is 0. The van der Waals surface area contributed by atoms with Gasteiger partial charge in [-0.25, -0.2) is 0 Å².